The van der Waals surface area contributed by atoms with E-state index in [1.165, 1.54) is 6.07 Å². The van der Waals surface area contributed by atoms with Gasteiger partial charge in [-0.1, -0.05) is 11.6 Å². The molecule has 15 heavy (non-hydrogen) atoms. The van der Waals surface area contributed by atoms with E-state index in [-0.39, 0.29) is 11.9 Å². The van der Waals surface area contributed by atoms with Crippen LogP contribution in [0.4, 0.5) is 0 Å². The minimum absolute atomic E-state index is 0.105. The zero-order chi connectivity index (χ0) is 10.7. The number of nitrogens with one attached hydrogen (secondary N) is 1. The lowest BCUT2D eigenvalue weighted by Crippen LogP contribution is -2.37. The Morgan fingerprint density at radius 1 is 1.47 bits per heavy atom. The van der Waals surface area contributed by atoms with Crippen molar-refractivity contribution in [3.63, 3.8) is 0 Å². The van der Waals surface area contributed by atoms with E-state index >= 15 is 0 Å². The first-order chi connectivity index (χ1) is 7.25. The van der Waals surface area contributed by atoms with Crippen LogP contribution in [0.25, 0.3) is 0 Å². The summed E-state index contributed by atoms with van der Waals surface area (Å²) in [6.45, 7) is 1.88. The topological polar surface area (TPSA) is 41.5 Å². The molecule has 0 aromatic heterocycles. The molecule has 0 amide bonds. The lowest BCUT2D eigenvalue weighted by Gasteiger charge is -2.24. The molecule has 2 rings (SSSR count). The average Bonchev–Trinajstić information content (AvgIpc) is 2.24. The van der Waals surface area contributed by atoms with Crippen molar-refractivity contribution in [1.82, 2.24) is 5.32 Å². The summed E-state index contributed by atoms with van der Waals surface area (Å²) in [6.07, 6.45) is 2.28. The Balaban J connectivity index is 2.03. The van der Waals surface area contributed by atoms with E-state index in [1.807, 2.05) is 0 Å². The number of rotatable bonds is 2. The molecule has 0 aliphatic carbocycles. The van der Waals surface area contributed by atoms with E-state index < -0.39 is 0 Å². The van der Waals surface area contributed by atoms with Crippen molar-refractivity contribution in [2.75, 3.05) is 13.1 Å². The number of benzene rings is 1. The average molecular weight is 228 g/mol. The third-order valence-electron chi connectivity index (χ3n) is 2.47. The van der Waals surface area contributed by atoms with Crippen molar-refractivity contribution in [2.45, 2.75) is 18.9 Å². The Labute approximate surface area is 94.0 Å². The molecule has 1 aliphatic rings. The van der Waals surface area contributed by atoms with Crippen LogP contribution in [-0.2, 0) is 0 Å². The van der Waals surface area contributed by atoms with Crippen molar-refractivity contribution in [2.24, 2.45) is 0 Å². The van der Waals surface area contributed by atoms with Crippen LogP contribution in [0.1, 0.15) is 12.8 Å². The van der Waals surface area contributed by atoms with E-state index in [1.54, 1.807) is 12.1 Å². The van der Waals surface area contributed by atoms with Crippen LogP contribution in [0.15, 0.2) is 18.2 Å². The van der Waals surface area contributed by atoms with Crippen LogP contribution in [0, 0.1) is 0 Å². The number of phenolic OH excluding ortho intramolecular Hbond substituents is 1. The lowest BCUT2D eigenvalue weighted by atomic mass is 10.1. The van der Waals surface area contributed by atoms with Gasteiger partial charge in [-0.05, 0) is 31.5 Å². The van der Waals surface area contributed by atoms with Crippen molar-refractivity contribution in [3.05, 3.63) is 23.2 Å². The molecule has 0 bridgehead atoms. The Hall–Kier alpha value is -0.930. The maximum Gasteiger partial charge on any atom is 0.161 e. The minimum atomic E-state index is 0.105. The maximum atomic E-state index is 9.59. The van der Waals surface area contributed by atoms with E-state index in [4.69, 9.17) is 16.3 Å². The highest BCUT2D eigenvalue weighted by Gasteiger charge is 2.15. The molecule has 0 spiro atoms. The second kappa shape index (κ2) is 4.73. The van der Waals surface area contributed by atoms with Crippen LogP contribution >= 0.6 is 11.6 Å². The molecular weight excluding hydrogens is 214 g/mol. The summed E-state index contributed by atoms with van der Waals surface area (Å²) in [5.41, 5.74) is 0. The van der Waals surface area contributed by atoms with Gasteiger partial charge in [-0.3, -0.25) is 0 Å². The maximum absolute atomic E-state index is 9.59. The third-order valence-corrected chi connectivity index (χ3v) is 2.70. The number of piperidine rings is 1. The quantitative estimate of drug-likeness (QED) is 0.814. The number of aromatic hydroxyl groups is 1. The molecular formula is C11H14ClNO2. The van der Waals surface area contributed by atoms with Crippen LogP contribution in [0.3, 0.4) is 0 Å². The number of halogens is 1. The SMILES string of the molecule is Oc1cc(Cl)ccc1OC1CCCNC1. The van der Waals surface area contributed by atoms with Gasteiger partial charge in [0.25, 0.3) is 0 Å². The van der Waals surface area contributed by atoms with E-state index in [2.05, 4.69) is 5.32 Å². The summed E-state index contributed by atoms with van der Waals surface area (Å²) < 4.78 is 5.67. The predicted octanol–water partition coefficient (Wildman–Crippen LogP) is 2.18. The van der Waals surface area contributed by atoms with Crippen LogP contribution in [-0.4, -0.2) is 24.3 Å². The fraction of sp³-hybridized carbons (Fsp3) is 0.455. The lowest BCUT2D eigenvalue weighted by molar-refractivity contribution is 0.161. The minimum Gasteiger partial charge on any atom is -0.504 e. The van der Waals surface area contributed by atoms with Gasteiger partial charge in [-0.2, -0.15) is 0 Å². The molecule has 1 aromatic rings. The molecule has 1 saturated heterocycles. The zero-order valence-corrected chi connectivity index (χ0v) is 9.13. The molecule has 1 fully saturated rings. The molecule has 82 valence electrons. The van der Waals surface area contributed by atoms with Gasteiger partial charge >= 0.3 is 0 Å². The molecule has 1 unspecified atom stereocenters. The Kier molecular flexibility index (Phi) is 3.34. The second-order valence-corrected chi connectivity index (χ2v) is 4.13. The van der Waals surface area contributed by atoms with Gasteiger partial charge in [0.1, 0.15) is 6.10 Å². The molecule has 4 heteroatoms. The molecule has 0 saturated carbocycles. The first-order valence-corrected chi connectivity index (χ1v) is 5.49. The number of phenols is 1. The van der Waals surface area contributed by atoms with Gasteiger partial charge in [0.2, 0.25) is 0 Å². The van der Waals surface area contributed by atoms with Crippen molar-refractivity contribution >= 4 is 11.6 Å². The molecule has 0 radical (unpaired) electrons. The first-order valence-electron chi connectivity index (χ1n) is 5.11. The summed E-state index contributed by atoms with van der Waals surface area (Å²) in [6, 6.07) is 4.91. The van der Waals surface area contributed by atoms with Crippen LogP contribution < -0.4 is 10.1 Å². The first kappa shape index (κ1) is 10.6. The number of hydrogen-bond acceptors (Lipinski definition) is 3. The summed E-state index contributed by atoms with van der Waals surface area (Å²) in [5, 5.41) is 13.4. The Morgan fingerprint density at radius 3 is 3.00 bits per heavy atom. The summed E-state index contributed by atoms with van der Waals surface area (Å²) in [4.78, 5) is 0. The molecule has 1 aliphatic heterocycles. The number of ether oxygens (including phenoxy) is 1. The standard InChI is InChI=1S/C11H14ClNO2/c12-8-3-4-11(10(14)6-8)15-9-2-1-5-13-7-9/h3-4,6,9,13-14H,1-2,5,7H2. The Morgan fingerprint density at radius 2 is 2.33 bits per heavy atom. The van der Waals surface area contributed by atoms with Crippen LogP contribution in [0.2, 0.25) is 5.02 Å². The van der Waals surface area contributed by atoms with E-state index in [0.29, 0.717) is 10.8 Å². The molecule has 3 nitrogen and oxygen atoms in total. The van der Waals surface area contributed by atoms with Gasteiger partial charge in [-0.15, -0.1) is 0 Å². The van der Waals surface area contributed by atoms with Crippen molar-refractivity contribution in [3.8, 4) is 11.5 Å². The second-order valence-electron chi connectivity index (χ2n) is 3.70. The molecule has 1 aromatic carbocycles. The van der Waals surface area contributed by atoms with Gasteiger partial charge in [0.15, 0.2) is 11.5 Å². The molecule has 1 heterocycles. The summed E-state index contributed by atoms with van der Waals surface area (Å²) >= 11 is 5.73. The van der Waals surface area contributed by atoms with Crippen LogP contribution in [0.5, 0.6) is 11.5 Å². The summed E-state index contributed by atoms with van der Waals surface area (Å²) in [7, 11) is 0. The van der Waals surface area contributed by atoms with E-state index in [0.717, 1.165) is 25.9 Å². The summed E-state index contributed by atoms with van der Waals surface area (Å²) in [5.74, 6) is 0.612. The van der Waals surface area contributed by atoms with E-state index in [9.17, 15) is 5.11 Å². The highest BCUT2D eigenvalue weighted by atomic mass is 35.5. The highest BCUT2D eigenvalue weighted by molar-refractivity contribution is 6.30. The van der Waals surface area contributed by atoms with Gasteiger partial charge in [-0.25, -0.2) is 0 Å². The molecule has 2 N–H and O–H groups in total. The smallest absolute Gasteiger partial charge is 0.161 e. The number of hydrogen-bond donors (Lipinski definition) is 2. The third kappa shape index (κ3) is 2.76. The monoisotopic (exact) mass is 227 g/mol. The van der Waals surface area contributed by atoms with Gasteiger partial charge in [0.05, 0.1) is 0 Å². The van der Waals surface area contributed by atoms with Gasteiger partial charge < -0.3 is 15.2 Å². The molecule has 1 atom stereocenters. The fourth-order valence-electron chi connectivity index (χ4n) is 1.69. The van der Waals surface area contributed by atoms with Gasteiger partial charge in [0, 0.05) is 17.6 Å². The predicted molar refractivity (Wildman–Crippen MR) is 59.6 cm³/mol. The highest BCUT2D eigenvalue weighted by Crippen LogP contribution is 2.30. The normalized spacial score (nSPS) is 21.3. The Bertz CT molecular complexity index is 337. The fourth-order valence-corrected chi connectivity index (χ4v) is 1.86. The largest absolute Gasteiger partial charge is 0.504 e. The van der Waals surface area contributed by atoms with Crippen molar-refractivity contribution < 1.29 is 9.84 Å². The van der Waals surface area contributed by atoms with Crippen molar-refractivity contribution in [1.29, 1.82) is 0 Å². The zero-order valence-electron chi connectivity index (χ0n) is 8.37.